The van der Waals surface area contributed by atoms with Crippen LogP contribution in [0.3, 0.4) is 0 Å². The smallest absolute Gasteiger partial charge is 0.267 e. The highest BCUT2D eigenvalue weighted by Gasteiger charge is 2.41. The molecule has 2 aliphatic rings. The van der Waals surface area contributed by atoms with Gasteiger partial charge in [0.25, 0.3) is 11.8 Å². The van der Waals surface area contributed by atoms with Crippen molar-refractivity contribution in [2.75, 3.05) is 49.2 Å². The number of amides is 4. The lowest BCUT2D eigenvalue weighted by atomic mass is 10.1. The summed E-state index contributed by atoms with van der Waals surface area (Å²) in [6, 6.07) is 18.5. The third-order valence-electron chi connectivity index (χ3n) is 7.83. The van der Waals surface area contributed by atoms with Crippen molar-refractivity contribution < 1.29 is 29.4 Å². The summed E-state index contributed by atoms with van der Waals surface area (Å²) >= 11 is 13.2. The molecule has 2 aliphatic heterocycles. The molecule has 0 spiro atoms. The van der Waals surface area contributed by atoms with Crippen LogP contribution in [-0.4, -0.2) is 91.7 Å². The molecule has 2 aromatic carbocycles. The number of unbranched alkanes of at least 4 members (excludes halogenated alkanes) is 4. The molecular formula is C34H40N4O6S4. The summed E-state index contributed by atoms with van der Waals surface area (Å²) in [7, 11) is 0. The van der Waals surface area contributed by atoms with Crippen molar-refractivity contribution >= 4 is 91.6 Å². The fraction of sp³-hybridized carbons (Fsp3) is 0.412. The summed E-state index contributed by atoms with van der Waals surface area (Å²) in [5.41, 5.74) is 1.49. The monoisotopic (exact) mass is 728 g/mol. The molecule has 2 saturated heterocycles. The van der Waals surface area contributed by atoms with Crippen LogP contribution in [0, 0.1) is 0 Å². The van der Waals surface area contributed by atoms with Crippen molar-refractivity contribution in [3.8, 4) is 0 Å². The Balaban J connectivity index is 1.21. The van der Waals surface area contributed by atoms with Crippen LogP contribution in [0.5, 0.6) is 0 Å². The molecule has 2 heterocycles. The van der Waals surface area contributed by atoms with Gasteiger partial charge in [-0.05, 0) is 49.9 Å². The number of aliphatic hydroxyl groups is 2. The summed E-state index contributed by atoms with van der Waals surface area (Å²) in [6.45, 7) is 0.981. The molecule has 0 bridgehead atoms. The van der Waals surface area contributed by atoms with E-state index in [1.54, 1.807) is 9.80 Å². The molecule has 14 heteroatoms. The van der Waals surface area contributed by atoms with Crippen LogP contribution in [-0.2, 0) is 19.2 Å². The molecule has 0 atom stereocenters. The first kappa shape index (κ1) is 37.7. The standard InChI is InChI=1S/C34H40N4O6S4/c39-23-21-35(25-13-5-1-6-14-25)27(41)17-9-3-11-19-37-31(43)29(47-33(37)45)30-32(44)38(34(46)48-30)20-12-4-10-18-28(42)36(22-24-40)26-15-7-2-8-16-26/h1-2,5-8,13-16,39-40H,3-4,9-12,17-24H2. The summed E-state index contributed by atoms with van der Waals surface area (Å²) in [6.07, 6.45) is 4.60. The van der Waals surface area contributed by atoms with E-state index in [0.717, 1.165) is 34.9 Å². The fourth-order valence-corrected chi connectivity index (χ4v) is 8.15. The Morgan fingerprint density at radius 2 is 0.979 bits per heavy atom. The SMILES string of the molecule is O=C1C(=C2SC(=S)N(CCCCCC(=O)N(CCO)c3ccccc3)C2=O)SC(=S)N1CCCCCC(=O)N(CCO)c1ccccc1. The van der Waals surface area contributed by atoms with E-state index in [0.29, 0.717) is 82.9 Å². The first-order chi connectivity index (χ1) is 23.3. The molecule has 2 fully saturated rings. The van der Waals surface area contributed by atoms with Gasteiger partial charge in [-0.15, -0.1) is 0 Å². The Morgan fingerprint density at radius 1 is 0.604 bits per heavy atom. The number of carbonyl (C=O) groups excluding carboxylic acids is 4. The van der Waals surface area contributed by atoms with Crippen LogP contribution in [0.2, 0.25) is 0 Å². The van der Waals surface area contributed by atoms with Gasteiger partial charge in [0.2, 0.25) is 11.8 Å². The van der Waals surface area contributed by atoms with E-state index in [1.165, 1.54) is 9.80 Å². The molecule has 0 unspecified atom stereocenters. The van der Waals surface area contributed by atoms with Crippen molar-refractivity contribution in [3.63, 3.8) is 0 Å². The normalized spacial score (nSPS) is 16.3. The molecule has 0 saturated carbocycles. The Bertz CT molecular complexity index is 1400. The number of anilines is 2. The van der Waals surface area contributed by atoms with Crippen LogP contribution in [0.25, 0.3) is 0 Å². The van der Waals surface area contributed by atoms with E-state index in [1.807, 2.05) is 60.7 Å². The first-order valence-electron chi connectivity index (χ1n) is 16.0. The van der Waals surface area contributed by atoms with Crippen molar-refractivity contribution in [1.29, 1.82) is 0 Å². The second kappa shape index (κ2) is 19.2. The number of rotatable bonds is 18. The number of para-hydroxylation sites is 2. The third kappa shape index (κ3) is 9.95. The molecular weight excluding hydrogens is 689 g/mol. The van der Waals surface area contributed by atoms with Crippen molar-refractivity contribution in [1.82, 2.24) is 9.80 Å². The van der Waals surface area contributed by atoms with E-state index in [-0.39, 0.29) is 49.9 Å². The molecule has 0 radical (unpaired) electrons. The van der Waals surface area contributed by atoms with E-state index < -0.39 is 0 Å². The van der Waals surface area contributed by atoms with Crippen LogP contribution in [0.1, 0.15) is 51.4 Å². The van der Waals surface area contributed by atoms with Gasteiger partial charge in [0.05, 0.1) is 23.0 Å². The molecule has 2 N–H and O–H groups in total. The summed E-state index contributed by atoms with van der Waals surface area (Å²) in [4.78, 5) is 59.0. The number of nitrogens with zero attached hydrogens (tertiary/aromatic N) is 4. The van der Waals surface area contributed by atoms with Crippen LogP contribution >= 0.6 is 48.0 Å². The molecule has 256 valence electrons. The van der Waals surface area contributed by atoms with Gasteiger partial charge in [-0.2, -0.15) is 0 Å². The number of thiocarbonyl (C=S) groups is 2. The Hall–Kier alpha value is -3.14. The lowest BCUT2D eigenvalue weighted by Crippen LogP contribution is -2.33. The van der Waals surface area contributed by atoms with Gasteiger partial charge in [-0.3, -0.25) is 29.0 Å². The van der Waals surface area contributed by atoms with Gasteiger partial charge < -0.3 is 20.0 Å². The lowest BCUT2D eigenvalue weighted by Gasteiger charge is -2.22. The van der Waals surface area contributed by atoms with Gasteiger partial charge in [0.15, 0.2) is 0 Å². The highest BCUT2D eigenvalue weighted by molar-refractivity contribution is 8.29. The average molecular weight is 729 g/mol. The minimum atomic E-state index is -0.302. The number of benzene rings is 2. The zero-order valence-electron chi connectivity index (χ0n) is 26.6. The van der Waals surface area contributed by atoms with Gasteiger partial charge in [0.1, 0.15) is 8.64 Å². The topological polar surface area (TPSA) is 122 Å². The van der Waals surface area contributed by atoms with Crippen molar-refractivity contribution in [3.05, 3.63) is 70.5 Å². The summed E-state index contributed by atoms with van der Waals surface area (Å²) in [5.74, 6) is -0.735. The third-order valence-corrected chi connectivity index (χ3v) is 10.9. The highest BCUT2D eigenvalue weighted by atomic mass is 32.2. The van der Waals surface area contributed by atoms with E-state index >= 15 is 0 Å². The second-order valence-corrected chi connectivity index (χ2v) is 14.4. The van der Waals surface area contributed by atoms with Crippen LogP contribution < -0.4 is 9.80 Å². The predicted molar refractivity (Wildman–Crippen MR) is 200 cm³/mol. The Labute approximate surface area is 300 Å². The maximum absolute atomic E-state index is 13.3. The number of aliphatic hydroxyl groups excluding tert-OH is 2. The summed E-state index contributed by atoms with van der Waals surface area (Å²) in [5, 5.41) is 18.8. The minimum Gasteiger partial charge on any atom is -0.395 e. The quantitative estimate of drug-likeness (QED) is 0.122. The second-order valence-electron chi connectivity index (χ2n) is 11.1. The first-order valence-corrected chi connectivity index (χ1v) is 18.5. The Kier molecular flexibility index (Phi) is 15.0. The van der Waals surface area contributed by atoms with Crippen LogP contribution in [0.15, 0.2) is 70.5 Å². The fourth-order valence-electron chi connectivity index (χ4n) is 5.38. The largest absolute Gasteiger partial charge is 0.395 e. The van der Waals surface area contributed by atoms with E-state index in [2.05, 4.69) is 0 Å². The highest BCUT2D eigenvalue weighted by Crippen LogP contribution is 2.42. The van der Waals surface area contributed by atoms with Gasteiger partial charge in [-0.1, -0.05) is 97.2 Å². The predicted octanol–water partition coefficient (Wildman–Crippen LogP) is 5.09. The van der Waals surface area contributed by atoms with E-state index in [9.17, 15) is 29.4 Å². The maximum Gasteiger partial charge on any atom is 0.267 e. The maximum atomic E-state index is 13.3. The average Bonchev–Trinajstić information content (AvgIpc) is 3.54. The molecule has 4 amide bonds. The number of hydrogen-bond donors (Lipinski definition) is 2. The number of carbonyl (C=O) groups is 4. The van der Waals surface area contributed by atoms with Gasteiger partial charge >= 0.3 is 0 Å². The zero-order chi connectivity index (χ0) is 34.5. The van der Waals surface area contributed by atoms with E-state index in [4.69, 9.17) is 24.4 Å². The molecule has 0 aliphatic carbocycles. The zero-order valence-corrected chi connectivity index (χ0v) is 29.9. The molecule has 10 nitrogen and oxygen atoms in total. The van der Waals surface area contributed by atoms with Crippen molar-refractivity contribution in [2.45, 2.75) is 51.4 Å². The summed E-state index contributed by atoms with van der Waals surface area (Å²) < 4.78 is 0.787. The number of thioether (sulfide) groups is 2. The van der Waals surface area contributed by atoms with Gasteiger partial charge in [-0.25, -0.2) is 0 Å². The minimum absolute atomic E-state index is 0.0656. The molecule has 2 aromatic rings. The number of hydrogen-bond acceptors (Lipinski definition) is 10. The van der Waals surface area contributed by atoms with Crippen molar-refractivity contribution in [2.24, 2.45) is 0 Å². The molecule has 48 heavy (non-hydrogen) atoms. The molecule has 0 aromatic heterocycles. The van der Waals surface area contributed by atoms with Crippen LogP contribution in [0.4, 0.5) is 11.4 Å². The Morgan fingerprint density at radius 3 is 1.33 bits per heavy atom. The lowest BCUT2D eigenvalue weighted by molar-refractivity contribution is -0.124. The van der Waals surface area contributed by atoms with Gasteiger partial charge in [0, 0.05) is 50.4 Å². The molecule has 4 rings (SSSR count).